The van der Waals surface area contributed by atoms with Crippen LogP contribution in [0.25, 0.3) is 0 Å². The number of carbonyl (C=O) groups excluding carboxylic acids is 1. The number of aliphatic hydroxyl groups excluding tert-OH is 1. The number of rotatable bonds is 5. The minimum absolute atomic E-state index is 0.164. The number of hydrogen-bond acceptors (Lipinski definition) is 6. The minimum Gasteiger partial charge on any atom is -0.442 e. The number of ether oxygens (including phenoxy) is 1. The van der Waals surface area contributed by atoms with Gasteiger partial charge in [-0.25, -0.2) is 4.79 Å². The van der Waals surface area contributed by atoms with Crippen LogP contribution in [0.4, 0.5) is 4.79 Å². The molecular weight excluding hydrogens is 334 g/mol. The summed E-state index contributed by atoms with van der Waals surface area (Å²) in [7, 11) is 0. The summed E-state index contributed by atoms with van der Waals surface area (Å²) in [5, 5.41) is 20.1. The lowest BCUT2D eigenvalue weighted by Gasteiger charge is -2.22. The molecular formula is C16H18ClN3O4. The zero-order chi connectivity index (χ0) is 16.9. The highest BCUT2D eigenvalue weighted by atomic mass is 35.5. The van der Waals surface area contributed by atoms with E-state index in [1.165, 1.54) is 12.5 Å². The van der Waals surface area contributed by atoms with Gasteiger partial charge in [-0.05, 0) is 24.1 Å². The fourth-order valence-corrected chi connectivity index (χ4v) is 2.78. The third-order valence-electron chi connectivity index (χ3n) is 3.90. The summed E-state index contributed by atoms with van der Waals surface area (Å²) in [6.07, 6.45) is 1.61. The number of carbonyl (C=O) groups is 1. The van der Waals surface area contributed by atoms with Gasteiger partial charge in [0.1, 0.15) is 18.5 Å². The van der Waals surface area contributed by atoms with Crippen molar-refractivity contribution in [3.05, 3.63) is 52.9 Å². The van der Waals surface area contributed by atoms with Gasteiger partial charge >= 0.3 is 6.09 Å². The number of halogens is 1. The monoisotopic (exact) mass is 351 g/mol. The van der Waals surface area contributed by atoms with Crippen LogP contribution >= 0.6 is 11.6 Å². The molecule has 8 heteroatoms. The van der Waals surface area contributed by atoms with Crippen LogP contribution < -0.4 is 10.6 Å². The number of nitrogens with one attached hydrogen (secondary N) is 2. The van der Waals surface area contributed by atoms with E-state index in [2.05, 4.69) is 20.3 Å². The van der Waals surface area contributed by atoms with Crippen LogP contribution in [0.5, 0.6) is 0 Å². The maximum atomic E-state index is 11.9. The lowest BCUT2D eigenvalue weighted by atomic mass is 10.0. The second-order valence-corrected chi connectivity index (χ2v) is 6.11. The van der Waals surface area contributed by atoms with Gasteiger partial charge in [0.2, 0.25) is 0 Å². The molecule has 0 saturated carbocycles. The standard InChI is InChI=1S/C16H18ClN3O4/c17-12-3-1-10(2-4-12)5-13-15(14(21)8-18-13)24-16(22)19-6-11-7-20-23-9-11/h1-4,7,9,13-15,18,21H,5-6,8H2,(H,19,22)/t13-,14+,15+/m1/s1. The SMILES string of the molecule is O=C(NCc1cnoc1)O[C@@H]1[C@@H](O)CN[C@@H]1Cc1ccc(Cl)cc1. The number of β-amino-alcohol motifs (C(OH)–C–C–N with tert-alkyl or cyclic N) is 1. The summed E-state index contributed by atoms with van der Waals surface area (Å²) >= 11 is 5.88. The van der Waals surface area contributed by atoms with Gasteiger partial charge < -0.3 is 25.0 Å². The van der Waals surface area contributed by atoms with Crippen LogP contribution in [0.2, 0.25) is 5.02 Å². The van der Waals surface area contributed by atoms with Gasteiger partial charge in [0.25, 0.3) is 0 Å². The predicted molar refractivity (Wildman–Crippen MR) is 86.6 cm³/mol. The molecule has 2 heterocycles. The van der Waals surface area contributed by atoms with E-state index in [0.717, 1.165) is 11.1 Å². The van der Waals surface area contributed by atoms with Crippen molar-refractivity contribution >= 4 is 17.7 Å². The van der Waals surface area contributed by atoms with E-state index in [4.69, 9.17) is 16.3 Å². The third-order valence-corrected chi connectivity index (χ3v) is 4.15. The summed E-state index contributed by atoms with van der Waals surface area (Å²) < 4.78 is 10.1. The number of nitrogens with zero attached hydrogens (tertiary/aromatic N) is 1. The molecule has 1 fully saturated rings. The fraction of sp³-hybridized carbons (Fsp3) is 0.375. The molecule has 1 aromatic carbocycles. The number of amides is 1. The Kier molecular flexibility index (Phi) is 5.34. The second kappa shape index (κ2) is 7.65. The van der Waals surface area contributed by atoms with Crippen LogP contribution in [0.3, 0.4) is 0 Å². The molecule has 0 unspecified atom stereocenters. The Bertz CT molecular complexity index is 662. The highest BCUT2D eigenvalue weighted by Crippen LogP contribution is 2.18. The van der Waals surface area contributed by atoms with Gasteiger partial charge in [-0.15, -0.1) is 0 Å². The molecule has 0 bridgehead atoms. The first-order chi connectivity index (χ1) is 11.6. The van der Waals surface area contributed by atoms with Crippen molar-refractivity contribution in [2.75, 3.05) is 6.54 Å². The maximum Gasteiger partial charge on any atom is 0.407 e. The third kappa shape index (κ3) is 4.25. The Morgan fingerprint density at radius 2 is 2.21 bits per heavy atom. The predicted octanol–water partition coefficient (Wildman–Crippen LogP) is 1.50. The van der Waals surface area contributed by atoms with Crippen molar-refractivity contribution in [3.63, 3.8) is 0 Å². The summed E-state index contributed by atoms with van der Waals surface area (Å²) in [6.45, 7) is 0.627. The van der Waals surface area contributed by atoms with E-state index in [9.17, 15) is 9.90 Å². The Morgan fingerprint density at radius 3 is 2.92 bits per heavy atom. The largest absolute Gasteiger partial charge is 0.442 e. The molecule has 0 radical (unpaired) electrons. The molecule has 1 amide bonds. The molecule has 0 spiro atoms. The first kappa shape index (κ1) is 16.8. The minimum atomic E-state index is -0.747. The molecule has 7 nitrogen and oxygen atoms in total. The van der Waals surface area contributed by atoms with Crippen LogP contribution in [0.1, 0.15) is 11.1 Å². The Balaban J connectivity index is 1.55. The second-order valence-electron chi connectivity index (χ2n) is 5.67. The van der Waals surface area contributed by atoms with Crippen molar-refractivity contribution in [1.82, 2.24) is 15.8 Å². The van der Waals surface area contributed by atoms with Gasteiger partial charge in [0, 0.05) is 17.1 Å². The number of benzene rings is 1. The van der Waals surface area contributed by atoms with Gasteiger partial charge in [-0.3, -0.25) is 0 Å². The average Bonchev–Trinajstić information content (AvgIpc) is 3.20. The normalized spacial score (nSPS) is 23.2. The fourth-order valence-electron chi connectivity index (χ4n) is 2.65. The van der Waals surface area contributed by atoms with Crippen molar-refractivity contribution in [3.8, 4) is 0 Å². The zero-order valence-corrected chi connectivity index (χ0v) is 13.6. The molecule has 1 aliphatic rings. The molecule has 1 aliphatic heterocycles. The van der Waals surface area contributed by atoms with Crippen molar-refractivity contribution in [2.45, 2.75) is 31.2 Å². The zero-order valence-electron chi connectivity index (χ0n) is 12.8. The van der Waals surface area contributed by atoms with Crippen LogP contribution in [0, 0.1) is 0 Å². The van der Waals surface area contributed by atoms with Gasteiger partial charge in [-0.2, -0.15) is 0 Å². The number of aliphatic hydroxyl groups is 1. The molecule has 3 N–H and O–H groups in total. The van der Waals surface area contributed by atoms with Crippen LogP contribution in [0.15, 0.2) is 41.2 Å². The first-order valence-electron chi connectivity index (χ1n) is 7.60. The summed E-state index contributed by atoms with van der Waals surface area (Å²) in [5.74, 6) is 0. The lowest BCUT2D eigenvalue weighted by molar-refractivity contribution is 0.0188. The lowest BCUT2D eigenvalue weighted by Crippen LogP contribution is -2.41. The van der Waals surface area contributed by atoms with Crippen molar-refractivity contribution < 1.29 is 19.2 Å². The first-order valence-corrected chi connectivity index (χ1v) is 7.98. The maximum absolute atomic E-state index is 11.9. The number of aromatic nitrogens is 1. The van der Waals surface area contributed by atoms with Crippen LogP contribution in [-0.4, -0.2) is 41.2 Å². The topological polar surface area (TPSA) is 96.6 Å². The molecule has 3 atom stereocenters. The molecule has 128 valence electrons. The highest BCUT2D eigenvalue weighted by molar-refractivity contribution is 6.30. The number of hydrogen-bond donors (Lipinski definition) is 3. The molecule has 24 heavy (non-hydrogen) atoms. The smallest absolute Gasteiger partial charge is 0.407 e. The summed E-state index contributed by atoms with van der Waals surface area (Å²) in [4.78, 5) is 11.9. The molecule has 1 saturated heterocycles. The van der Waals surface area contributed by atoms with Gasteiger partial charge in [-0.1, -0.05) is 28.9 Å². The highest BCUT2D eigenvalue weighted by Gasteiger charge is 2.37. The molecule has 0 aliphatic carbocycles. The van der Waals surface area contributed by atoms with Gasteiger partial charge in [0.15, 0.2) is 0 Å². The Hall–Kier alpha value is -2.09. The van der Waals surface area contributed by atoms with E-state index < -0.39 is 18.3 Å². The van der Waals surface area contributed by atoms with E-state index in [1.807, 2.05) is 24.3 Å². The molecule has 1 aromatic heterocycles. The quantitative estimate of drug-likeness (QED) is 0.755. The van der Waals surface area contributed by atoms with E-state index in [0.29, 0.717) is 18.0 Å². The average molecular weight is 352 g/mol. The van der Waals surface area contributed by atoms with Crippen LogP contribution in [-0.2, 0) is 17.7 Å². The summed E-state index contributed by atoms with van der Waals surface area (Å²) in [5.41, 5.74) is 1.78. The summed E-state index contributed by atoms with van der Waals surface area (Å²) in [6, 6.07) is 7.28. The Morgan fingerprint density at radius 1 is 1.42 bits per heavy atom. The molecule has 2 aromatic rings. The van der Waals surface area contributed by atoms with Crippen molar-refractivity contribution in [1.29, 1.82) is 0 Å². The molecule has 3 rings (SSSR count). The Labute approximate surface area is 143 Å². The van der Waals surface area contributed by atoms with Gasteiger partial charge in [0.05, 0.1) is 18.8 Å². The number of alkyl carbamates (subject to hydrolysis) is 1. The van der Waals surface area contributed by atoms with Crippen molar-refractivity contribution in [2.24, 2.45) is 0 Å². The van der Waals surface area contributed by atoms with E-state index in [1.54, 1.807) is 0 Å². The van der Waals surface area contributed by atoms with E-state index in [-0.39, 0.29) is 12.6 Å². The van der Waals surface area contributed by atoms with E-state index >= 15 is 0 Å².